The first-order chi connectivity index (χ1) is 9.13. The molecule has 2 nitrogen and oxygen atoms in total. The number of rotatable bonds is 3. The zero-order chi connectivity index (χ0) is 13.8. The normalized spacial score (nSPS) is 10.0. The third-order valence-electron chi connectivity index (χ3n) is 2.99. The lowest BCUT2D eigenvalue weighted by atomic mass is 10.1. The van der Waals surface area contributed by atoms with Gasteiger partial charge >= 0.3 is 0 Å². The Hall–Kier alpha value is -1.92. The van der Waals surface area contributed by atoms with Crippen LogP contribution in [0.2, 0.25) is 0 Å². The van der Waals surface area contributed by atoms with Gasteiger partial charge in [0.2, 0.25) is 0 Å². The molecule has 0 saturated carbocycles. The van der Waals surface area contributed by atoms with Crippen LogP contribution in [0, 0.1) is 25.2 Å². The topological polar surface area (TPSA) is 33.0 Å². The molecular formula is C16H15NOS. The summed E-state index contributed by atoms with van der Waals surface area (Å²) in [5.74, 6) is 0.887. The average Bonchev–Trinajstić information content (AvgIpc) is 2.43. The summed E-state index contributed by atoms with van der Waals surface area (Å²) in [6.45, 7) is 4.17. The van der Waals surface area contributed by atoms with Gasteiger partial charge in [0.25, 0.3) is 0 Å². The maximum atomic E-state index is 8.79. The number of hydrogen-bond donors (Lipinski definition) is 0. The van der Waals surface area contributed by atoms with Crippen LogP contribution in [0.1, 0.15) is 16.7 Å². The molecule has 19 heavy (non-hydrogen) atoms. The fraction of sp³-hybridized carbons (Fsp3) is 0.188. The molecule has 3 heteroatoms. The Morgan fingerprint density at radius 3 is 2.26 bits per heavy atom. The first kappa shape index (κ1) is 13.5. The molecule has 2 rings (SSSR count). The monoisotopic (exact) mass is 269 g/mol. The van der Waals surface area contributed by atoms with Gasteiger partial charge in [-0.15, -0.1) is 0 Å². The van der Waals surface area contributed by atoms with Crippen LogP contribution in [-0.2, 0) is 0 Å². The van der Waals surface area contributed by atoms with Crippen LogP contribution in [0.15, 0.2) is 46.2 Å². The molecule has 0 amide bonds. The number of benzene rings is 2. The van der Waals surface area contributed by atoms with Crippen molar-refractivity contribution in [3.8, 4) is 11.8 Å². The van der Waals surface area contributed by atoms with E-state index in [1.54, 1.807) is 18.9 Å². The molecule has 0 saturated heterocycles. The second-order valence-corrected chi connectivity index (χ2v) is 5.44. The molecular weight excluding hydrogens is 254 g/mol. The molecule has 0 aliphatic rings. The largest absolute Gasteiger partial charge is 0.496 e. The smallest absolute Gasteiger partial charge is 0.133 e. The number of nitrogens with zero attached hydrogens (tertiary/aromatic N) is 1. The molecule has 0 unspecified atom stereocenters. The van der Waals surface area contributed by atoms with Crippen molar-refractivity contribution < 1.29 is 4.74 Å². The summed E-state index contributed by atoms with van der Waals surface area (Å²) in [5, 5.41) is 8.79. The van der Waals surface area contributed by atoms with Crippen LogP contribution in [0.25, 0.3) is 0 Å². The number of nitriles is 1. The highest BCUT2D eigenvalue weighted by atomic mass is 32.2. The van der Waals surface area contributed by atoms with Crippen LogP contribution in [-0.4, -0.2) is 7.11 Å². The van der Waals surface area contributed by atoms with Crippen LogP contribution in [0.5, 0.6) is 5.75 Å². The minimum absolute atomic E-state index is 0.677. The van der Waals surface area contributed by atoms with Gasteiger partial charge in [0.05, 0.1) is 23.6 Å². The Balaban J connectivity index is 2.32. The molecule has 0 heterocycles. The molecule has 0 bridgehead atoms. The van der Waals surface area contributed by atoms with E-state index in [9.17, 15) is 0 Å². The van der Waals surface area contributed by atoms with Crippen LogP contribution in [0.3, 0.4) is 0 Å². The summed E-state index contributed by atoms with van der Waals surface area (Å²) in [6.07, 6.45) is 0. The van der Waals surface area contributed by atoms with E-state index >= 15 is 0 Å². The van der Waals surface area contributed by atoms with Crippen LogP contribution >= 0.6 is 11.8 Å². The molecule has 2 aromatic rings. The summed E-state index contributed by atoms with van der Waals surface area (Å²) in [4.78, 5) is 2.19. The van der Waals surface area contributed by atoms with Gasteiger partial charge in [0, 0.05) is 4.90 Å². The summed E-state index contributed by atoms with van der Waals surface area (Å²) in [7, 11) is 1.69. The van der Waals surface area contributed by atoms with Crippen molar-refractivity contribution in [3.05, 3.63) is 53.1 Å². The van der Waals surface area contributed by atoms with Crippen molar-refractivity contribution >= 4 is 11.8 Å². The Kier molecular flexibility index (Phi) is 4.13. The van der Waals surface area contributed by atoms with E-state index in [4.69, 9.17) is 10.00 Å². The molecule has 0 N–H and O–H groups in total. The van der Waals surface area contributed by atoms with Crippen molar-refractivity contribution in [2.24, 2.45) is 0 Å². The number of methoxy groups -OCH3 is 1. The molecule has 0 aliphatic carbocycles. The van der Waals surface area contributed by atoms with Crippen LogP contribution in [0.4, 0.5) is 0 Å². The van der Waals surface area contributed by atoms with Gasteiger partial charge in [-0.05, 0) is 61.4 Å². The van der Waals surface area contributed by atoms with Crippen molar-refractivity contribution in [1.82, 2.24) is 0 Å². The SMILES string of the molecule is COc1cc(C)c(C)cc1Sc1ccc(C#N)cc1. The Labute approximate surface area is 118 Å². The third kappa shape index (κ3) is 3.10. The molecule has 0 fully saturated rings. The van der Waals surface area contributed by atoms with Gasteiger partial charge in [-0.3, -0.25) is 0 Å². The number of hydrogen-bond acceptors (Lipinski definition) is 3. The zero-order valence-electron chi connectivity index (χ0n) is 11.2. The highest BCUT2D eigenvalue weighted by Gasteiger charge is 2.07. The lowest BCUT2D eigenvalue weighted by molar-refractivity contribution is 0.404. The van der Waals surface area contributed by atoms with E-state index in [1.807, 2.05) is 24.3 Å². The van der Waals surface area contributed by atoms with Gasteiger partial charge < -0.3 is 4.74 Å². The van der Waals surface area contributed by atoms with E-state index in [-0.39, 0.29) is 0 Å². The highest BCUT2D eigenvalue weighted by Crippen LogP contribution is 2.36. The summed E-state index contributed by atoms with van der Waals surface area (Å²) in [5.41, 5.74) is 3.15. The predicted molar refractivity (Wildman–Crippen MR) is 77.7 cm³/mol. The maximum Gasteiger partial charge on any atom is 0.133 e. The molecule has 0 aromatic heterocycles. The lowest BCUT2D eigenvalue weighted by Crippen LogP contribution is -1.90. The van der Waals surface area contributed by atoms with Gasteiger partial charge in [-0.2, -0.15) is 5.26 Å². The zero-order valence-corrected chi connectivity index (χ0v) is 12.0. The first-order valence-electron chi connectivity index (χ1n) is 5.97. The van der Waals surface area contributed by atoms with Crippen molar-refractivity contribution in [1.29, 1.82) is 5.26 Å². The van der Waals surface area contributed by atoms with Gasteiger partial charge in [-0.1, -0.05) is 11.8 Å². The minimum Gasteiger partial charge on any atom is -0.496 e. The summed E-state index contributed by atoms with van der Waals surface area (Å²) in [6, 6.07) is 13.9. The van der Waals surface area contributed by atoms with E-state index in [0.29, 0.717) is 5.56 Å². The number of aryl methyl sites for hydroxylation is 2. The lowest BCUT2D eigenvalue weighted by Gasteiger charge is -2.11. The third-order valence-corrected chi connectivity index (χ3v) is 4.04. The quantitative estimate of drug-likeness (QED) is 0.831. The molecule has 96 valence electrons. The van der Waals surface area contributed by atoms with Gasteiger partial charge in [0.1, 0.15) is 5.75 Å². The Morgan fingerprint density at radius 1 is 1.05 bits per heavy atom. The fourth-order valence-corrected chi connectivity index (χ4v) is 2.73. The molecule has 2 aromatic carbocycles. The molecule has 0 spiro atoms. The summed E-state index contributed by atoms with van der Waals surface area (Å²) >= 11 is 1.65. The predicted octanol–water partition coefficient (Wildman–Crippen LogP) is 4.33. The summed E-state index contributed by atoms with van der Waals surface area (Å²) < 4.78 is 5.43. The average molecular weight is 269 g/mol. The van der Waals surface area contributed by atoms with E-state index in [2.05, 4.69) is 32.0 Å². The standard InChI is InChI=1S/C16H15NOS/c1-11-8-15(18-3)16(9-12(11)2)19-14-6-4-13(10-17)5-7-14/h4-9H,1-3H3. The van der Waals surface area contributed by atoms with Crippen molar-refractivity contribution in [3.63, 3.8) is 0 Å². The Bertz CT molecular complexity index is 626. The van der Waals surface area contributed by atoms with Gasteiger partial charge in [-0.25, -0.2) is 0 Å². The molecule has 0 radical (unpaired) electrons. The van der Waals surface area contributed by atoms with E-state index in [0.717, 1.165) is 15.5 Å². The number of ether oxygens (including phenoxy) is 1. The van der Waals surface area contributed by atoms with Crippen molar-refractivity contribution in [2.45, 2.75) is 23.6 Å². The first-order valence-corrected chi connectivity index (χ1v) is 6.79. The van der Waals surface area contributed by atoms with Crippen molar-refractivity contribution in [2.75, 3.05) is 7.11 Å². The Morgan fingerprint density at radius 2 is 1.68 bits per heavy atom. The maximum absolute atomic E-state index is 8.79. The second kappa shape index (κ2) is 5.81. The minimum atomic E-state index is 0.677. The molecule has 0 atom stereocenters. The molecule has 0 aliphatic heterocycles. The highest BCUT2D eigenvalue weighted by molar-refractivity contribution is 7.99. The van der Waals surface area contributed by atoms with E-state index in [1.165, 1.54) is 11.1 Å². The van der Waals surface area contributed by atoms with Crippen LogP contribution < -0.4 is 4.74 Å². The second-order valence-electron chi connectivity index (χ2n) is 4.33. The fourth-order valence-electron chi connectivity index (χ4n) is 1.73. The van der Waals surface area contributed by atoms with E-state index < -0.39 is 0 Å². The van der Waals surface area contributed by atoms with Gasteiger partial charge in [0.15, 0.2) is 0 Å².